The molecule has 1 aliphatic carbocycles. The SMILES string of the molecule is C=Cc1cc(-c2ccc(C)c(C)c2)oc1C1CCC1. The van der Waals surface area contributed by atoms with Crippen molar-refractivity contribution < 1.29 is 4.42 Å². The van der Waals surface area contributed by atoms with E-state index in [9.17, 15) is 0 Å². The molecule has 1 aromatic carbocycles. The van der Waals surface area contributed by atoms with Gasteiger partial charge in [0.15, 0.2) is 0 Å². The molecule has 1 saturated carbocycles. The Morgan fingerprint density at radius 1 is 1.16 bits per heavy atom. The molecule has 0 unspecified atom stereocenters. The summed E-state index contributed by atoms with van der Waals surface area (Å²) >= 11 is 0. The largest absolute Gasteiger partial charge is 0.460 e. The van der Waals surface area contributed by atoms with Crippen LogP contribution in [0.4, 0.5) is 0 Å². The molecule has 2 aromatic rings. The lowest BCUT2D eigenvalue weighted by atomic mass is 9.82. The molecule has 1 aromatic heterocycles. The third kappa shape index (κ3) is 2.14. The Balaban J connectivity index is 2.02. The van der Waals surface area contributed by atoms with E-state index < -0.39 is 0 Å². The minimum atomic E-state index is 0.605. The van der Waals surface area contributed by atoms with Crippen molar-refractivity contribution >= 4 is 6.08 Å². The zero-order valence-corrected chi connectivity index (χ0v) is 11.7. The Bertz CT molecular complexity index is 615. The molecule has 1 fully saturated rings. The van der Waals surface area contributed by atoms with E-state index in [1.165, 1.54) is 30.4 Å². The van der Waals surface area contributed by atoms with E-state index in [0.29, 0.717) is 5.92 Å². The third-order valence-electron chi connectivity index (χ3n) is 4.28. The summed E-state index contributed by atoms with van der Waals surface area (Å²) < 4.78 is 6.12. The van der Waals surface area contributed by atoms with Crippen LogP contribution in [0, 0.1) is 13.8 Å². The lowest BCUT2D eigenvalue weighted by Gasteiger charge is -2.23. The molecule has 0 spiro atoms. The van der Waals surface area contributed by atoms with E-state index in [1.54, 1.807) is 0 Å². The number of hydrogen-bond donors (Lipinski definition) is 0. The normalized spacial score (nSPS) is 15.3. The van der Waals surface area contributed by atoms with Gasteiger partial charge in [-0.25, -0.2) is 0 Å². The highest BCUT2D eigenvalue weighted by Crippen LogP contribution is 2.41. The van der Waals surface area contributed by atoms with E-state index in [0.717, 1.165) is 22.6 Å². The first-order chi connectivity index (χ1) is 9.19. The summed E-state index contributed by atoms with van der Waals surface area (Å²) in [6.07, 6.45) is 5.74. The molecule has 3 rings (SSSR count). The van der Waals surface area contributed by atoms with Gasteiger partial charge >= 0.3 is 0 Å². The van der Waals surface area contributed by atoms with Crippen LogP contribution in [0.5, 0.6) is 0 Å². The van der Waals surface area contributed by atoms with Crippen molar-refractivity contribution in [3.05, 3.63) is 53.3 Å². The average molecular weight is 252 g/mol. The molecule has 0 radical (unpaired) electrons. The molecule has 0 aliphatic heterocycles. The highest BCUT2D eigenvalue weighted by atomic mass is 16.3. The number of rotatable bonds is 3. The summed E-state index contributed by atoms with van der Waals surface area (Å²) in [5.41, 5.74) is 4.95. The molecule has 0 atom stereocenters. The Hall–Kier alpha value is -1.76. The van der Waals surface area contributed by atoms with E-state index in [-0.39, 0.29) is 0 Å². The number of furan rings is 1. The van der Waals surface area contributed by atoms with Crippen molar-refractivity contribution in [1.29, 1.82) is 0 Å². The zero-order valence-electron chi connectivity index (χ0n) is 11.7. The zero-order chi connectivity index (χ0) is 13.4. The molecular formula is C18H20O. The van der Waals surface area contributed by atoms with Gasteiger partial charge in [0.25, 0.3) is 0 Å². The molecular weight excluding hydrogens is 232 g/mol. The van der Waals surface area contributed by atoms with Gasteiger partial charge in [0.2, 0.25) is 0 Å². The number of benzene rings is 1. The van der Waals surface area contributed by atoms with E-state index >= 15 is 0 Å². The molecule has 98 valence electrons. The van der Waals surface area contributed by atoms with Crippen molar-refractivity contribution in [2.24, 2.45) is 0 Å². The molecule has 0 bridgehead atoms. The molecule has 0 N–H and O–H groups in total. The summed E-state index contributed by atoms with van der Waals surface area (Å²) in [7, 11) is 0. The predicted molar refractivity (Wildman–Crippen MR) is 80.3 cm³/mol. The standard InChI is InChI=1S/C18H20O/c1-4-14-11-17(19-18(14)15-6-5-7-15)16-9-8-12(2)13(3)10-16/h4,8-11,15H,1,5-7H2,2-3H3. The summed E-state index contributed by atoms with van der Waals surface area (Å²) in [5, 5.41) is 0. The minimum absolute atomic E-state index is 0.605. The summed E-state index contributed by atoms with van der Waals surface area (Å²) in [6, 6.07) is 8.62. The molecule has 1 heterocycles. The Morgan fingerprint density at radius 2 is 1.95 bits per heavy atom. The van der Waals surface area contributed by atoms with Crippen LogP contribution in [0.1, 0.15) is 47.6 Å². The van der Waals surface area contributed by atoms with Crippen molar-refractivity contribution in [1.82, 2.24) is 0 Å². The maximum atomic E-state index is 6.12. The molecule has 0 saturated heterocycles. The second-order valence-corrected chi connectivity index (χ2v) is 5.56. The van der Waals surface area contributed by atoms with Crippen LogP contribution in [0.2, 0.25) is 0 Å². The molecule has 1 aliphatic rings. The van der Waals surface area contributed by atoms with Gasteiger partial charge in [-0.15, -0.1) is 0 Å². The first kappa shape index (κ1) is 12.3. The second kappa shape index (κ2) is 4.73. The maximum absolute atomic E-state index is 6.12. The maximum Gasteiger partial charge on any atom is 0.134 e. The van der Waals surface area contributed by atoms with Gasteiger partial charge in [-0.3, -0.25) is 0 Å². The summed E-state index contributed by atoms with van der Waals surface area (Å²) in [5.74, 6) is 2.71. The molecule has 1 nitrogen and oxygen atoms in total. The van der Waals surface area contributed by atoms with Crippen molar-refractivity contribution in [3.63, 3.8) is 0 Å². The fourth-order valence-corrected chi connectivity index (χ4v) is 2.61. The van der Waals surface area contributed by atoms with Gasteiger partial charge in [-0.05, 0) is 49.9 Å². The highest BCUT2D eigenvalue weighted by molar-refractivity contribution is 5.65. The van der Waals surface area contributed by atoms with Crippen molar-refractivity contribution in [3.8, 4) is 11.3 Å². The van der Waals surface area contributed by atoms with Gasteiger partial charge < -0.3 is 4.42 Å². The van der Waals surface area contributed by atoms with Crippen LogP contribution < -0.4 is 0 Å². The van der Waals surface area contributed by atoms with E-state index in [2.05, 4.69) is 44.7 Å². The van der Waals surface area contributed by atoms with E-state index in [1.807, 2.05) is 6.08 Å². The van der Waals surface area contributed by atoms with Gasteiger partial charge in [-0.2, -0.15) is 0 Å². The fraction of sp³-hybridized carbons (Fsp3) is 0.333. The van der Waals surface area contributed by atoms with E-state index in [4.69, 9.17) is 4.42 Å². The summed E-state index contributed by atoms with van der Waals surface area (Å²) in [4.78, 5) is 0. The van der Waals surface area contributed by atoms with Crippen molar-refractivity contribution in [2.45, 2.75) is 39.0 Å². The van der Waals surface area contributed by atoms with Crippen molar-refractivity contribution in [2.75, 3.05) is 0 Å². The van der Waals surface area contributed by atoms with Crippen LogP contribution in [0.3, 0.4) is 0 Å². The predicted octanol–water partition coefficient (Wildman–Crippen LogP) is 5.47. The van der Waals surface area contributed by atoms with Crippen LogP contribution >= 0.6 is 0 Å². The molecule has 19 heavy (non-hydrogen) atoms. The summed E-state index contributed by atoms with van der Waals surface area (Å²) in [6.45, 7) is 8.19. The van der Waals surface area contributed by atoms with Crippen LogP contribution in [-0.2, 0) is 0 Å². The molecule has 0 amide bonds. The third-order valence-corrected chi connectivity index (χ3v) is 4.28. The minimum Gasteiger partial charge on any atom is -0.460 e. The lowest BCUT2D eigenvalue weighted by molar-refractivity contribution is 0.349. The topological polar surface area (TPSA) is 13.1 Å². The first-order valence-electron chi connectivity index (χ1n) is 7.03. The Labute approximate surface area is 115 Å². The first-order valence-corrected chi connectivity index (χ1v) is 7.03. The monoisotopic (exact) mass is 252 g/mol. The Morgan fingerprint density at radius 3 is 2.53 bits per heavy atom. The molecule has 1 heteroatoms. The van der Waals surface area contributed by atoms with Crippen LogP contribution in [-0.4, -0.2) is 0 Å². The lowest BCUT2D eigenvalue weighted by Crippen LogP contribution is -2.08. The number of aryl methyl sites for hydroxylation is 2. The Kier molecular flexibility index (Phi) is 3.06. The van der Waals surface area contributed by atoms with Crippen LogP contribution in [0.15, 0.2) is 35.3 Å². The number of hydrogen-bond acceptors (Lipinski definition) is 1. The van der Waals surface area contributed by atoms with Gasteiger partial charge in [0.1, 0.15) is 11.5 Å². The smallest absolute Gasteiger partial charge is 0.134 e. The van der Waals surface area contributed by atoms with Crippen LogP contribution in [0.25, 0.3) is 17.4 Å². The van der Waals surface area contributed by atoms with Gasteiger partial charge in [0.05, 0.1) is 0 Å². The second-order valence-electron chi connectivity index (χ2n) is 5.56. The highest BCUT2D eigenvalue weighted by Gasteiger charge is 2.25. The van der Waals surface area contributed by atoms with Gasteiger partial charge in [-0.1, -0.05) is 31.2 Å². The quantitative estimate of drug-likeness (QED) is 0.705. The average Bonchev–Trinajstić information content (AvgIpc) is 2.74. The fourth-order valence-electron chi connectivity index (χ4n) is 2.61. The van der Waals surface area contributed by atoms with Gasteiger partial charge in [0, 0.05) is 17.0 Å².